The maximum Gasteiger partial charge on any atom is 0.00734 e. The van der Waals surface area contributed by atoms with E-state index in [-0.39, 0.29) is 10.9 Å². The Hall–Kier alpha value is -0.690. The molecule has 0 N–H and O–H groups in total. The molecule has 1 atom stereocenters. The van der Waals surface area contributed by atoms with Gasteiger partial charge in [-0.25, -0.2) is 10.9 Å². The molecule has 0 saturated carbocycles. The van der Waals surface area contributed by atoms with Gasteiger partial charge in [0.15, 0.2) is 0 Å². The molecule has 1 radical (unpaired) electrons. The topological polar surface area (TPSA) is 0 Å². The lowest BCUT2D eigenvalue weighted by atomic mass is 10.2. The van der Waals surface area contributed by atoms with Gasteiger partial charge in [-0.15, -0.1) is 0 Å². The van der Waals surface area contributed by atoms with Gasteiger partial charge in [0.05, 0.1) is 0 Å². The van der Waals surface area contributed by atoms with E-state index < -0.39 is 0 Å². The Morgan fingerprint density at radius 2 is 2.08 bits per heavy atom. The molecular formula is C12H17S. The molecule has 0 nitrogen and oxygen atoms in total. The zero-order valence-electron chi connectivity index (χ0n) is 8.33. The Bertz CT molecular complexity index is 256. The van der Waals surface area contributed by atoms with Gasteiger partial charge in [0.2, 0.25) is 0 Å². The van der Waals surface area contributed by atoms with Crippen molar-refractivity contribution in [3.63, 3.8) is 0 Å². The molecule has 71 valence electrons. The highest BCUT2D eigenvalue weighted by Gasteiger charge is 2.03. The fourth-order valence-corrected chi connectivity index (χ4v) is 2.74. The largest absolute Gasteiger partial charge is 0.202 e. The lowest BCUT2D eigenvalue weighted by Crippen LogP contribution is -1.75. The first kappa shape index (κ1) is 10.4. The summed E-state index contributed by atoms with van der Waals surface area (Å²) in [4.78, 5) is 0. The van der Waals surface area contributed by atoms with Crippen LogP contribution in [0.15, 0.2) is 41.4 Å². The van der Waals surface area contributed by atoms with Gasteiger partial charge >= 0.3 is 0 Å². The molecule has 0 amide bonds. The Kier molecular flexibility index (Phi) is 4.69. The van der Waals surface area contributed by atoms with Gasteiger partial charge in [-0.1, -0.05) is 30.4 Å². The number of hydrogen-bond donors (Lipinski definition) is 1. The van der Waals surface area contributed by atoms with Crippen LogP contribution in [0.3, 0.4) is 0 Å². The molecule has 0 spiro atoms. The summed E-state index contributed by atoms with van der Waals surface area (Å²) >= 11 is 0. The van der Waals surface area contributed by atoms with Crippen LogP contribution in [0.4, 0.5) is 0 Å². The van der Waals surface area contributed by atoms with Crippen LogP contribution in [0.2, 0.25) is 0 Å². The minimum absolute atomic E-state index is 0.0952. The Labute approximate surface area is 84.1 Å². The van der Waals surface area contributed by atoms with E-state index in [0.717, 1.165) is 12.2 Å². The second kappa shape index (κ2) is 5.87. The van der Waals surface area contributed by atoms with E-state index >= 15 is 0 Å². The van der Waals surface area contributed by atoms with Crippen LogP contribution >= 0.6 is 10.9 Å². The monoisotopic (exact) mass is 193 g/mol. The smallest absolute Gasteiger partial charge is 0.00734 e. The summed E-state index contributed by atoms with van der Waals surface area (Å²) in [5.41, 5.74) is 1.36. The Balaban J connectivity index is 2.40. The molecule has 0 aliphatic carbocycles. The normalized spacial score (nSPS) is 24.8. The molecule has 0 aromatic carbocycles. The summed E-state index contributed by atoms with van der Waals surface area (Å²) in [6.45, 7) is 4.13. The highest BCUT2D eigenvalue weighted by molar-refractivity contribution is 8.21. The van der Waals surface area contributed by atoms with Crippen molar-refractivity contribution in [3.05, 3.63) is 46.8 Å². The summed E-state index contributed by atoms with van der Waals surface area (Å²) in [7, 11) is -0.0952. The lowest BCUT2D eigenvalue weighted by Gasteiger charge is -2.03. The van der Waals surface area contributed by atoms with Crippen LogP contribution in [-0.2, 0) is 0 Å². The van der Waals surface area contributed by atoms with Crippen molar-refractivity contribution in [2.24, 2.45) is 0 Å². The molecule has 0 bridgehead atoms. The van der Waals surface area contributed by atoms with Gasteiger partial charge in [0.25, 0.3) is 0 Å². The predicted molar refractivity (Wildman–Crippen MR) is 64.0 cm³/mol. The van der Waals surface area contributed by atoms with Gasteiger partial charge < -0.3 is 0 Å². The first-order valence-electron chi connectivity index (χ1n) is 4.66. The van der Waals surface area contributed by atoms with E-state index in [1.807, 2.05) is 0 Å². The predicted octanol–water partition coefficient (Wildman–Crippen LogP) is 3.74. The first-order valence-corrected chi connectivity index (χ1v) is 6.26. The molecule has 1 aliphatic rings. The van der Waals surface area contributed by atoms with Gasteiger partial charge in [-0.2, -0.15) is 0 Å². The lowest BCUT2D eigenvalue weighted by molar-refractivity contribution is 1.29. The first-order chi connectivity index (χ1) is 6.36. The van der Waals surface area contributed by atoms with Gasteiger partial charge in [-0.3, -0.25) is 0 Å². The Morgan fingerprint density at radius 3 is 2.77 bits per heavy atom. The number of rotatable bonds is 4. The quantitative estimate of drug-likeness (QED) is 0.510. The highest BCUT2D eigenvalue weighted by Crippen LogP contribution is 2.35. The van der Waals surface area contributed by atoms with Gasteiger partial charge in [-0.05, 0) is 31.2 Å². The minimum Gasteiger partial charge on any atom is -0.202 e. The molecule has 1 heterocycles. The molecule has 0 aromatic heterocycles. The minimum atomic E-state index is -0.0952. The van der Waals surface area contributed by atoms with Crippen LogP contribution in [0.5, 0.6) is 0 Å². The summed E-state index contributed by atoms with van der Waals surface area (Å²) in [6.07, 6.45) is 11.9. The molecule has 1 unspecified atom stereocenters. The van der Waals surface area contributed by atoms with Crippen molar-refractivity contribution in [2.45, 2.75) is 20.3 Å². The molecule has 1 rings (SSSR count). The van der Waals surface area contributed by atoms with Crippen molar-refractivity contribution in [2.75, 3.05) is 5.75 Å². The molecular weight excluding hydrogens is 176 g/mol. The van der Waals surface area contributed by atoms with Crippen LogP contribution < -0.4 is 0 Å². The van der Waals surface area contributed by atoms with E-state index in [4.69, 9.17) is 0 Å². The second-order valence-corrected chi connectivity index (χ2v) is 4.77. The SMILES string of the molecule is CC=CCC1=[C][SH](CC=CC)C=C1. The molecule has 0 saturated heterocycles. The Morgan fingerprint density at radius 1 is 1.31 bits per heavy atom. The van der Waals surface area contributed by atoms with E-state index in [1.165, 1.54) is 5.57 Å². The van der Waals surface area contributed by atoms with Crippen LogP contribution in [0, 0.1) is 5.41 Å². The van der Waals surface area contributed by atoms with Crippen molar-refractivity contribution in [1.29, 1.82) is 0 Å². The average Bonchev–Trinajstić information content (AvgIpc) is 2.59. The molecule has 1 heteroatoms. The average molecular weight is 193 g/mol. The van der Waals surface area contributed by atoms with Crippen molar-refractivity contribution >= 4 is 10.9 Å². The van der Waals surface area contributed by atoms with Gasteiger partial charge in [0.1, 0.15) is 0 Å². The van der Waals surface area contributed by atoms with E-state index in [0.29, 0.717) is 0 Å². The van der Waals surface area contributed by atoms with Crippen LogP contribution in [0.1, 0.15) is 20.3 Å². The molecule has 0 aromatic rings. The van der Waals surface area contributed by atoms with Gasteiger partial charge in [0, 0.05) is 11.2 Å². The van der Waals surface area contributed by atoms with E-state index in [9.17, 15) is 0 Å². The molecule has 1 aliphatic heterocycles. The van der Waals surface area contributed by atoms with Crippen molar-refractivity contribution in [1.82, 2.24) is 0 Å². The van der Waals surface area contributed by atoms with Crippen LogP contribution in [-0.4, -0.2) is 5.75 Å². The third kappa shape index (κ3) is 3.69. The summed E-state index contributed by atoms with van der Waals surface area (Å²) in [5.74, 6) is 1.15. The summed E-state index contributed by atoms with van der Waals surface area (Å²) in [5, 5.41) is 5.83. The van der Waals surface area contributed by atoms with Crippen molar-refractivity contribution < 1.29 is 0 Å². The third-order valence-corrected chi connectivity index (χ3v) is 3.54. The zero-order valence-corrected chi connectivity index (χ0v) is 9.22. The molecule has 13 heavy (non-hydrogen) atoms. The number of hydrogen-bond acceptors (Lipinski definition) is 0. The highest BCUT2D eigenvalue weighted by atomic mass is 32.2. The zero-order chi connectivity index (χ0) is 9.52. The fourth-order valence-electron chi connectivity index (χ4n) is 1.12. The van der Waals surface area contributed by atoms with Crippen molar-refractivity contribution in [3.8, 4) is 0 Å². The second-order valence-electron chi connectivity index (χ2n) is 2.95. The van der Waals surface area contributed by atoms with Crippen LogP contribution in [0.25, 0.3) is 0 Å². The van der Waals surface area contributed by atoms with E-state index in [2.05, 4.69) is 55.0 Å². The third-order valence-electron chi connectivity index (χ3n) is 1.85. The fraction of sp³-hybridized carbons (Fsp3) is 0.333. The number of allylic oxidation sites excluding steroid dienone is 5. The molecule has 0 fully saturated rings. The maximum absolute atomic E-state index is 3.53. The maximum atomic E-state index is 3.53. The summed E-state index contributed by atoms with van der Waals surface area (Å²) in [6, 6.07) is 0. The number of thiol groups is 1. The van der Waals surface area contributed by atoms with E-state index in [1.54, 1.807) is 0 Å². The standard InChI is InChI=1S/C12H17S/c1-3-5-7-12-8-10-13(11-12)9-6-4-2/h3-6,8,10,13H,7,9H2,1-2H3. The summed E-state index contributed by atoms with van der Waals surface area (Å²) < 4.78 is 0.